The van der Waals surface area contributed by atoms with E-state index in [-0.39, 0.29) is 23.2 Å². The number of halogens is 1. The molecular formula is C23H22ClN5O4S. The molecule has 1 N–H and O–H groups in total. The van der Waals surface area contributed by atoms with Crippen molar-refractivity contribution in [2.75, 3.05) is 29.8 Å². The highest BCUT2D eigenvalue weighted by atomic mass is 35.5. The summed E-state index contributed by atoms with van der Waals surface area (Å²) in [5.74, 6) is 1.04. The van der Waals surface area contributed by atoms with Crippen LogP contribution in [0.3, 0.4) is 0 Å². The fraction of sp³-hybridized carbons (Fsp3) is 0.217. The molecule has 34 heavy (non-hydrogen) atoms. The molecule has 0 radical (unpaired) electrons. The number of fused-ring (bicyclic) bond motifs is 2. The molecular weight excluding hydrogens is 478 g/mol. The SMILES string of the molecule is Cc1c(Cl)cccc1S(=O)(=O)Nc1c(OCc2ccc3c(c2)OCCN3C)ncc2nccn12. The van der Waals surface area contributed by atoms with Crippen molar-refractivity contribution in [3.8, 4) is 11.6 Å². The van der Waals surface area contributed by atoms with Crippen molar-refractivity contribution in [2.45, 2.75) is 18.4 Å². The van der Waals surface area contributed by atoms with Gasteiger partial charge >= 0.3 is 0 Å². The van der Waals surface area contributed by atoms with Crippen molar-refractivity contribution in [2.24, 2.45) is 0 Å². The van der Waals surface area contributed by atoms with E-state index in [1.165, 1.54) is 12.3 Å². The van der Waals surface area contributed by atoms with E-state index in [0.29, 0.717) is 22.8 Å². The summed E-state index contributed by atoms with van der Waals surface area (Å²) in [7, 11) is -1.97. The highest BCUT2D eigenvalue weighted by molar-refractivity contribution is 7.92. The first-order valence-electron chi connectivity index (χ1n) is 10.5. The third-order valence-electron chi connectivity index (χ3n) is 5.64. The van der Waals surface area contributed by atoms with Gasteiger partial charge in [-0.2, -0.15) is 0 Å². The van der Waals surface area contributed by atoms with Gasteiger partial charge in [-0.3, -0.25) is 9.12 Å². The Bertz CT molecular complexity index is 1490. The van der Waals surface area contributed by atoms with Crippen LogP contribution in [0.15, 0.2) is 59.9 Å². The number of imidazole rings is 1. The highest BCUT2D eigenvalue weighted by Crippen LogP contribution is 2.33. The summed E-state index contributed by atoms with van der Waals surface area (Å²) < 4.78 is 42.4. The number of nitrogens with zero attached hydrogens (tertiary/aromatic N) is 4. The summed E-state index contributed by atoms with van der Waals surface area (Å²) in [6.07, 6.45) is 4.71. The van der Waals surface area contributed by atoms with Crippen molar-refractivity contribution < 1.29 is 17.9 Å². The van der Waals surface area contributed by atoms with Gasteiger partial charge in [-0.05, 0) is 42.3 Å². The lowest BCUT2D eigenvalue weighted by Crippen LogP contribution is -2.28. The van der Waals surface area contributed by atoms with Gasteiger partial charge in [0.25, 0.3) is 15.9 Å². The van der Waals surface area contributed by atoms with E-state index in [1.54, 1.807) is 35.9 Å². The first kappa shape index (κ1) is 22.3. The Kier molecular flexibility index (Phi) is 5.70. The molecule has 5 rings (SSSR count). The maximum Gasteiger partial charge on any atom is 0.263 e. The molecule has 0 atom stereocenters. The lowest BCUT2D eigenvalue weighted by Gasteiger charge is -2.28. The number of rotatable bonds is 6. The number of likely N-dealkylation sites (N-methyl/N-ethyl adjacent to an activating group) is 1. The van der Waals surface area contributed by atoms with Crippen molar-refractivity contribution in [1.29, 1.82) is 0 Å². The molecule has 0 spiro atoms. The topological polar surface area (TPSA) is 98.1 Å². The molecule has 1 aliphatic rings. The van der Waals surface area contributed by atoms with Crippen LogP contribution in [0, 0.1) is 6.92 Å². The zero-order valence-corrected chi connectivity index (χ0v) is 20.1. The third-order valence-corrected chi connectivity index (χ3v) is 7.54. The second kappa shape index (κ2) is 8.69. The van der Waals surface area contributed by atoms with Crippen LogP contribution < -0.4 is 19.1 Å². The van der Waals surface area contributed by atoms with Crippen LogP contribution in [0.1, 0.15) is 11.1 Å². The number of ether oxygens (including phenoxy) is 2. The minimum atomic E-state index is -3.99. The van der Waals surface area contributed by atoms with Gasteiger partial charge in [0.15, 0.2) is 11.5 Å². The lowest BCUT2D eigenvalue weighted by molar-refractivity contribution is 0.289. The molecule has 11 heteroatoms. The molecule has 2 aromatic heterocycles. The third kappa shape index (κ3) is 4.10. The van der Waals surface area contributed by atoms with Crippen molar-refractivity contribution in [1.82, 2.24) is 14.4 Å². The van der Waals surface area contributed by atoms with E-state index < -0.39 is 10.0 Å². The van der Waals surface area contributed by atoms with Crippen LogP contribution in [-0.4, -0.2) is 43.0 Å². The maximum absolute atomic E-state index is 13.2. The Labute approximate surface area is 202 Å². The Hall–Kier alpha value is -3.50. The van der Waals surface area contributed by atoms with Gasteiger partial charge in [0, 0.05) is 24.5 Å². The first-order valence-corrected chi connectivity index (χ1v) is 12.4. The molecule has 9 nitrogen and oxygen atoms in total. The zero-order chi connectivity index (χ0) is 23.9. The number of aromatic nitrogens is 3. The quantitative estimate of drug-likeness (QED) is 0.429. The average Bonchev–Trinajstić information content (AvgIpc) is 3.29. The van der Waals surface area contributed by atoms with Crippen molar-refractivity contribution >= 4 is 38.8 Å². The molecule has 0 saturated carbocycles. The second-order valence-corrected chi connectivity index (χ2v) is 9.95. The molecule has 0 unspecified atom stereocenters. The molecule has 2 aromatic carbocycles. The monoisotopic (exact) mass is 499 g/mol. The van der Waals surface area contributed by atoms with E-state index in [1.807, 2.05) is 25.2 Å². The molecule has 3 heterocycles. The predicted octanol–water partition coefficient (Wildman–Crippen LogP) is 3.90. The van der Waals surface area contributed by atoms with E-state index in [2.05, 4.69) is 19.6 Å². The highest BCUT2D eigenvalue weighted by Gasteiger charge is 2.23. The standard InChI is InChI=1S/C23H22ClN5O4S/c1-15-17(24)4-3-5-20(15)34(30,31)27-22-23(26-13-21-25-8-9-29(21)22)33-14-16-6-7-18-19(12-16)32-11-10-28(18)2/h3-9,12-13,27H,10-11,14H2,1-2H3. The smallest absolute Gasteiger partial charge is 0.263 e. The van der Waals surface area contributed by atoms with Crippen molar-refractivity contribution in [3.63, 3.8) is 0 Å². The Morgan fingerprint density at radius 2 is 2.09 bits per heavy atom. The largest absolute Gasteiger partial charge is 0.490 e. The molecule has 1 aliphatic heterocycles. The van der Waals surface area contributed by atoms with Gasteiger partial charge < -0.3 is 14.4 Å². The number of nitrogens with one attached hydrogen (secondary N) is 1. The van der Waals surface area contributed by atoms with Gasteiger partial charge in [-0.15, -0.1) is 0 Å². The van der Waals surface area contributed by atoms with Gasteiger partial charge in [0.2, 0.25) is 0 Å². The van der Waals surface area contributed by atoms with Crippen LogP contribution in [0.2, 0.25) is 5.02 Å². The number of anilines is 2. The maximum atomic E-state index is 13.2. The number of benzene rings is 2. The average molecular weight is 500 g/mol. The molecule has 0 fully saturated rings. The molecule has 0 saturated heterocycles. The zero-order valence-electron chi connectivity index (χ0n) is 18.5. The number of sulfonamides is 1. The Morgan fingerprint density at radius 3 is 2.94 bits per heavy atom. The van der Waals surface area contributed by atoms with Crippen LogP contribution in [0.5, 0.6) is 11.6 Å². The molecule has 176 valence electrons. The van der Waals surface area contributed by atoms with Crippen LogP contribution in [0.4, 0.5) is 11.5 Å². The minimum Gasteiger partial charge on any atom is -0.490 e. The van der Waals surface area contributed by atoms with E-state index in [4.69, 9.17) is 21.1 Å². The number of hydrogen-bond acceptors (Lipinski definition) is 7. The van der Waals surface area contributed by atoms with E-state index >= 15 is 0 Å². The van der Waals surface area contributed by atoms with Crippen molar-refractivity contribution in [3.05, 3.63) is 71.1 Å². The second-order valence-electron chi connectivity index (χ2n) is 7.90. The van der Waals surface area contributed by atoms with Gasteiger partial charge in [-0.25, -0.2) is 18.4 Å². The molecule has 4 aromatic rings. The van der Waals surface area contributed by atoms with Gasteiger partial charge in [0.1, 0.15) is 19.0 Å². The number of hydrogen-bond donors (Lipinski definition) is 1. The summed E-state index contributed by atoms with van der Waals surface area (Å²) in [4.78, 5) is 10.7. The van der Waals surface area contributed by atoms with Gasteiger partial charge in [-0.1, -0.05) is 23.7 Å². The van der Waals surface area contributed by atoms with Crippen LogP contribution in [-0.2, 0) is 16.6 Å². The summed E-state index contributed by atoms with van der Waals surface area (Å²) >= 11 is 6.15. The van der Waals surface area contributed by atoms with Crippen LogP contribution >= 0.6 is 11.6 Å². The molecule has 0 bridgehead atoms. The van der Waals surface area contributed by atoms with Crippen LogP contribution in [0.25, 0.3) is 5.65 Å². The van der Waals surface area contributed by atoms with E-state index in [9.17, 15) is 8.42 Å². The fourth-order valence-corrected chi connectivity index (χ4v) is 5.34. The molecule has 0 aliphatic carbocycles. The summed E-state index contributed by atoms with van der Waals surface area (Å²) in [5, 5.41) is 0.360. The fourth-order valence-electron chi connectivity index (χ4n) is 3.78. The summed E-state index contributed by atoms with van der Waals surface area (Å²) in [6, 6.07) is 10.6. The predicted molar refractivity (Wildman–Crippen MR) is 130 cm³/mol. The molecule has 0 amide bonds. The first-order chi connectivity index (χ1) is 16.3. The summed E-state index contributed by atoms with van der Waals surface area (Å²) in [6.45, 7) is 3.26. The summed E-state index contributed by atoms with van der Waals surface area (Å²) in [5.41, 5.74) is 2.79. The minimum absolute atomic E-state index is 0.0685. The Morgan fingerprint density at radius 1 is 1.24 bits per heavy atom. The normalized spacial score (nSPS) is 13.4. The lowest BCUT2D eigenvalue weighted by atomic mass is 10.1. The van der Waals surface area contributed by atoms with E-state index in [0.717, 1.165) is 23.5 Å². The van der Waals surface area contributed by atoms with Gasteiger partial charge in [0.05, 0.1) is 23.3 Å². The Balaban J connectivity index is 1.47.